The van der Waals surface area contributed by atoms with Crippen LogP contribution in [0.1, 0.15) is 36.0 Å². The molecule has 2 aliphatic rings. The van der Waals surface area contributed by atoms with Gasteiger partial charge in [-0.25, -0.2) is 4.98 Å². The van der Waals surface area contributed by atoms with Gasteiger partial charge in [-0.05, 0) is 49.2 Å². The lowest BCUT2D eigenvalue weighted by Crippen LogP contribution is -2.48. The van der Waals surface area contributed by atoms with E-state index in [1.54, 1.807) is 13.3 Å². The van der Waals surface area contributed by atoms with Gasteiger partial charge in [-0.1, -0.05) is 12.8 Å². The lowest BCUT2D eigenvalue weighted by Gasteiger charge is -2.36. The average Bonchev–Trinajstić information content (AvgIpc) is 3.27. The quantitative estimate of drug-likeness (QED) is 0.861. The summed E-state index contributed by atoms with van der Waals surface area (Å²) in [5.41, 5.74) is 1.83. The van der Waals surface area contributed by atoms with Crippen molar-refractivity contribution in [1.82, 2.24) is 9.88 Å². The van der Waals surface area contributed by atoms with Gasteiger partial charge in [0.15, 0.2) is 0 Å². The van der Waals surface area contributed by atoms with E-state index in [1.165, 1.54) is 25.7 Å². The van der Waals surface area contributed by atoms with Crippen LogP contribution in [0.5, 0.6) is 5.75 Å². The maximum atomic E-state index is 12.8. The SMILES string of the molecule is COc1ccc(N2CCN(C(=O)c3ccc(NC4CCCC4)nc3)CC2)cc1. The Bertz CT molecular complexity index is 777. The minimum Gasteiger partial charge on any atom is -0.497 e. The number of nitrogens with one attached hydrogen (secondary N) is 1. The van der Waals surface area contributed by atoms with Crippen molar-refractivity contribution in [2.45, 2.75) is 31.7 Å². The molecule has 1 N–H and O–H groups in total. The first kappa shape index (κ1) is 18.6. The lowest BCUT2D eigenvalue weighted by atomic mass is 10.2. The van der Waals surface area contributed by atoms with Gasteiger partial charge in [0, 0.05) is 44.1 Å². The normalized spacial score (nSPS) is 17.6. The van der Waals surface area contributed by atoms with Crippen LogP contribution in [0.25, 0.3) is 0 Å². The summed E-state index contributed by atoms with van der Waals surface area (Å²) in [6.07, 6.45) is 6.70. The fraction of sp³-hybridized carbons (Fsp3) is 0.455. The number of methoxy groups -OCH3 is 1. The fourth-order valence-corrected chi connectivity index (χ4v) is 4.03. The van der Waals surface area contributed by atoms with Crippen molar-refractivity contribution in [2.75, 3.05) is 43.5 Å². The highest BCUT2D eigenvalue weighted by molar-refractivity contribution is 5.94. The van der Waals surface area contributed by atoms with Gasteiger partial charge in [0.1, 0.15) is 11.6 Å². The molecule has 6 nitrogen and oxygen atoms in total. The summed E-state index contributed by atoms with van der Waals surface area (Å²) < 4.78 is 5.22. The van der Waals surface area contributed by atoms with E-state index < -0.39 is 0 Å². The summed E-state index contributed by atoms with van der Waals surface area (Å²) in [5, 5.41) is 3.47. The van der Waals surface area contributed by atoms with Crippen molar-refractivity contribution in [3.63, 3.8) is 0 Å². The predicted octanol–water partition coefficient (Wildman–Crippen LogP) is 3.41. The van der Waals surface area contributed by atoms with Crippen LogP contribution in [0.3, 0.4) is 0 Å². The monoisotopic (exact) mass is 380 g/mol. The number of anilines is 2. The number of carbonyl (C=O) groups excluding carboxylic acids is 1. The molecule has 6 heteroatoms. The first-order chi connectivity index (χ1) is 13.7. The van der Waals surface area contributed by atoms with Gasteiger partial charge in [-0.2, -0.15) is 0 Å². The Hall–Kier alpha value is -2.76. The average molecular weight is 380 g/mol. The molecular weight excluding hydrogens is 352 g/mol. The zero-order valence-corrected chi connectivity index (χ0v) is 16.4. The molecule has 0 radical (unpaired) electrons. The first-order valence-corrected chi connectivity index (χ1v) is 10.1. The summed E-state index contributed by atoms with van der Waals surface area (Å²) in [4.78, 5) is 21.5. The molecule has 148 valence electrons. The molecule has 4 rings (SSSR count). The molecule has 2 heterocycles. The van der Waals surface area contributed by atoms with Gasteiger partial charge in [-0.15, -0.1) is 0 Å². The van der Waals surface area contributed by atoms with Crippen LogP contribution < -0.4 is 15.0 Å². The maximum Gasteiger partial charge on any atom is 0.255 e. The molecule has 0 unspecified atom stereocenters. The maximum absolute atomic E-state index is 12.8. The van der Waals surface area contributed by atoms with Gasteiger partial charge >= 0.3 is 0 Å². The Morgan fingerprint density at radius 1 is 1.04 bits per heavy atom. The summed E-state index contributed by atoms with van der Waals surface area (Å²) in [5.74, 6) is 1.79. The predicted molar refractivity (Wildman–Crippen MR) is 111 cm³/mol. The molecule has 1 saturated carbocycles. The fourth-order valence-electron chi connectivity index (χ4n) is 4.03. The van der Waals surface area contributed by atoms with E-state index in [4.69, 9.17) is 4.74 Å². The molecule has 1 aliphatic heterocycles. The Morgan fingerprint density at radius 3 is 2.36 bits per heavy atom. The number of hydrogen-bond acceptors (Lipinski definition) is 5. The van der Waals surface area contributed by atoms with E-state index >= 15 is 0 Å². The lowest BCUT2D eigenvalue weighted by molar-refractivity contribution is 0.0746. The van der Waals surface area contributed by atoms with Gasteiger partial charge in [0.05, 0.1) is 12.7 Å². The zero-order chi connectivity index (χ0) is 19.3. The second kappa shape index (κ2) is 8.50. The van der Waals surface area contributed by atoms with Crippen LogP contribution in [-0.4, -0.2) is 55.1 Å². The molecule has 28 heavy (non-hydrogen) atoms. The molecule has 1 aliphatic carbocycles. The van der Waals surface area contributed by atoms with Crippen LogP contribution in [0, 0.1) is 0 Å². The van der Waals surface area contributed by atoms with Gasteiger partial charge in [0.2, 0.25) is 0 Å². The van der Waals surface area contributed by atoms with E-state index in [0.29, 0.717) is 24.7 Å². The third-order valence-electron chi connectivity index (χ3n) is 5.72. The molecule has 2 fully saturated rings. The Kier molecular flexibility index (Phi) is 5.65. The zero-order valence-electron chi connectivity index (χ0n) is 16.4. The van der Waals surface area contributed by atoms with Crippen LogP contribution in [0.15, 0.2) is 42.6 Å². The molecule has 0 bridgehead atoms. The molecule has 0 atom stereocenters. The van der Waals surface area contributed by atoms with Crippen LogP contribution in [0.2, 0.25) is 0 Å². The standard InChI is InChI=1S/C22H28N4O2/c1-28-20-9-7-19(8-10-20)25-12-14-26(15-13-25)22(27)17-6-11-21(23-16-17)24-18-4-2-3-5-18/h6-11,16,18H,2-5,12-15H2,1H3,(H,23,24). The van der Waals surface area contributed by atoms with Crippen molar-refractivity contribution in [3.05, 3.63) is 48.2 Å². The van der Waals surface area contributed by atoms with E-state index in [2.05, 4.69) is 27.3 Å². The van der Waals surface area contributed by atoms with E-state index in [0.717, 1.165) is 30.3 Å². The largest absolute Gasteiger partial charge is 0.497 e. The van der Waals surface area contributed by atoms with Crippen LogP contribution >= 0.6 is 0 Å². The summed E-state index contributed by atoms with van der Waals surface area (Å²) in [6, 6.07) is 12.4. The van der Waals surface area contributed by atoms with E-state index in [-0.39, 0.29) is 5.91 Å². The number of ether oxygens (including phenoxy) is 1. The second-order valence-corrected chi connectivity index (χ2v) is 7.54. The number of nitrogens with zero attached hydrogens (tertiary/aromatic N) is 3. The number of hydrogen-bond donors (Lipinski definition) is 1. The molecule has 1 aromatic carbocycles. The topological polar surface area (TPSA) is 57.7 Å². The van der Waals surface area contributed by atoms with Crippen molar-refractivity contribution in [2.24, 2.45) is 0 Å². The van der Waals surface area contributed by atoms with Gasteiger partial charge in [-0.3, -0.25) is 4.79 Å². The van der Waals surface area contributed by atoms with E-state index in [9.17, 15) is 4.79 Å². The van der Waals surface area contributed by atoms with Crippen molar-refractivity contribution < 1.29 is 9.53 Å². The number of rotatable bonds is 5. The van der Waals surface area contributed by atoms with Crippen LogP contribution in [0.4, 0.5) is 11.5 Å². The minimum absolute atomic E-state index is 0.0642. The number of carbonyl (C=O) groups is 1. The molecule has 1 amide bonds. The number of amides is 1. The van der Waals surface area contributed by atoms with E-state index in [1.807, 2.05) is 29.2 Å². The summed E-state index contributed by atoms with van der Waals surface area (Å²) in [6.45, 7) is 3.08. The van der Waals surface area contributed by atoms with Crippen LogP contribution in [-0.2, 0) is 0 Å². The number of pyridine rings is 1. The third kappa shape index (κ3) is 4.21. The smallest absolute Gasteiger partial charge is 0.255 e. The van der Waals surface area contributed by atoms with Crippen molar-refractivity contribution >= 4 is 17.4 Å². The highest BCUT2D eigenvalue weighted by atomic mass is 16.5. The molecule has 1 aromatic heterocycles. The Labute approximate surface area is 166 Å². The van der Waals surface area contributed by atoms with Crippen molar-refractivity contribution in [3.8, 4) is 5.75 Å². The Morgan fingerprint density at radius 2 is 1.75 bits per heavy atom. The highest BCUT2D eigenvalue weighted by Gasteiger charge is 2.23. The molecule has 0 spiro atoms. The second-order valence-electron chi connectivity index (χ2n) is 7.54. The molecule has 1 saturated heterocycles. The van der Waals surface area contributed by atoms with Gasteiger partial charge in [0.25, 0.3) is 5.91 Å². The molecule has 2 aromatic rings. The van der Waals surface area contributed by atoms with Gasteiger partial charge < -0.3 is 19.9 Å². The van der Waals surface area contributed by atoms with Crippen molar-refractivity contribution in [1.29, 1.82) is 0 Å². The summed E-state index contributed by atoms with van der Waals surface area (Å²) >= 11 is 0. The number of aromatic nitrogens is 1. The number of piperazine rings is 1. The Balaban J connectivity index is 1.31. The summed E-state index contributed by atoms with van der Waals surface area (Å²) in [7, 11) is 1.67. The number of benzene rings is 1. The third-order valence-corrected chi connectivity index (χ3v) is 5.72. The minimum atomic E-state index is 0.0642. The highest BCUT2D eigenvalue weighted by Crippen LogP contribution is 2.23. The first-order valence-electron chi connectivity index (χ1n) is 10.1. The molecular formula is C22H28N4O2.